The van der Waals surface area contributed by atoms with E-state index in [0.29, 0.717) is 25.3 Å². The van der Waals surface area contributed by atoms with Crippen LogP contribution < -0.4 is 16.0 Å². The Hall–Kier alpha value is -1.64. The molecule has 1 aromatic rings. The number of hydrogen-bond donors (Lipinski definition) is 2. The van der Waals surface area contributed by atoms with Crippen molar-refractivity contribution in [3.05, 3.63) is 24.3 Å². The highest BCUT2D eigenvalue weighted by Crippen LogP contribution is 2.28. The number of benzene rings is 1. The molecule has 0 bridgehead atoms. The predicted molar refractivity (Wildman–Crippen MR) is 80.5 cm³/mol. The van der Waals surface area contributed by atoms with Gasteiger partial charge in [-0.3, -0.25) is 4.79 Å². The lowest BCUT2D eigenvalue weighted by Gasteiger charge is -2.37. The van der Waals surface area contributed by atoms with Crippen molar-refractivity contribution in [2.24, 2.45) is 5.73 Å². The first-order valence-corrected chi connectivity index (χ1v) is 8.08. The van der Waals surface area contributed by atoms with E-state index < -0.39 is 22.0 Å². The molecule has 8 heteroatoms. The number of anilines is 1. The van der Waals surface area contributed by atoms with Crippen LogP contribution in [0.25, 0.3) is 0 Å². The molecule has 0 aromatic heterocycles. The Morgan fingerprint density at radius 3 is 2.67 bits per heavy atom. The van der Waals surface area contributed by atoms with E-state index in [0.717, 1.165) is 4.31 Å². The van der Waals surface area contributed by atoms with Crippen molar-refractivity contribution in [2.75, 3.05) is 38.6 Å². The second-order valence-corrected chi connectivity index (χ2v) is 7.19. The molecule has 116 valence electrons. The largest absolute Gasteiger partial charge is 0.368 e. The molecular formula is C13H20N4O3S. The van der Waals surface area contributed by atoms with E-state index in [-0.39, 0.29) is 4.90 Å². The van der Waals surface area contributed by atoms with Gasteiger partial charge in [-0.25, -0.2) is 12.7 Å². The minimum Gasteiger partial charge on any atom is -0.368 e. The number of hydrogen-bond acceptors (Lipinski definition) is 5. The van der Waals surface area contributed by atoms with E-state index in [1.807, 2.05) is 0 Å². The van der Waals surface area contributed by atoms with Crippen molar-refractivity contribution < 1.29 is 13.2 Å². The summed E-state index contributed by atoms with van der Waals surface area (Å²) in [5, 5.41) is 3.09. The van der Waals surface area contributed by atoms with E-state index in [4.69, 9.17) is 5.73 Å². The van der Waals surface area contributed by atoms with Crippen LogP contribution in [0.1, 0.15) is 0 Å². The number of rotatable bonds is 4. The molecule has 1 fully saturated rings. The Labute approximate surface area is 124 Å². The highest BCUT2D eigenvalue weighted by atomic mass is 32.2. The molecule has 1 amide bonds. The zero-order valence-electron chi connectivity index (χ0n) is 12.1. The third kappa shape index (κ3) is 3.02. The van der Waals surface area contributed by atoms with Gasteiger partial charge in [0.05, 0.1) is 5.69 Å². The van der Waals surface area contributed by atoms with Gasteiger partial charge in [-0.1, -0.05) is 12.1 Å². The van der Waals surface area contributed by atoms with Crippen LogP contribution in [0.2, 0.25) is 0 Å². The number of para-hydroxylation sites is 1. The van der Waals surface area contributed by atoms with Crippen LogP contribution in [-0.2, 0) is 14.8 Å². The molecular weight excluding hydrogens is 292 g/mol. The van der Waals surface area contributed by atoms with E-state index in [9.17, 15) is 13.2 Å². The van der Waals surface area contributed by atoms with Crippen LogP contribution in [0.3, 0.4) is 0 Å². The number of carbonyl (C=O) groups is 1. The Balaban J connectivity index is 2.51. The zero-order valence-corrected chi connectivity index (χ0v) is 12.9. The van der Waals surface area contributed by atoms with E-state index >= 15 is 0 Å². The summed E-state index contributed by atoms with van der Waals surface area (Å²) < 4.78 is 26.0. The van der Waals surface area contributed by atoms with Crippen LogP contribution in [0, 0.1) is 0 Å². The number of nitrogens with zero attached hydrogens (tertiary/aromatic N) is 2. The van der Waals surface area contributed by atoms with Crippen molar-refractivity contribution in [2.45, 2.75) is 10.9 Å². The van der Waals surface area contributed by atoms with Gasteiger partial charge in [-0.15, -0.1) is 0 Å². The van der Waals surface area contributed by atoms with Crippen molar-refractivity contribution in [3.8, 4) is 0 Å². The highest BCUT2D eigenvalue weighted by Gasteiger charge is 2.31. The average molecular weight is 312 g/mol. The number of piperazine rings is 1. The highest BCUT2D eigenvalue weighted by molar-refractivity contribution is 7.89. The molecule has 1 aliphatic rings. The molecule has 1 atom stereocenters. The minimum atomic E-state index is -3.59. The number of nitrogens with two attached hydrogens (primary N) is 1. The molecule has 7 nitrogen and oxygen atoms in total. The van der Waals surface area contributed by atoms with Crippen molar-refractivity contribution in [1.82, 2.24) is 9.62 Å². The Kier molecular flexibility index (Phi) is 4.50. The summed E-state index contributed by atoms with van der Waals surface area (Å²) in [7, 11) is -0.624. The van der Waals surface area contributed by atoms with Gasteiger partial charge >= 0.3 is 0 Å². The summed E-state index contributed by atoms with van der Waals surface area (Å²) in [5.74, 6) is -0.473. The van der Waals surface area contributed by atoms with Gasteiger partial charge in [0.1, 0.15) is 10.9 Å². The number of amides is 1. The summed E-state index contributed by atoms with van der Waals surface area (Å²) >= 11 is 0. The van der Waals surface area contributed by atoms with Crippen LogP contribution in [-0.4, -0.2) is 58.4 Å². The Morgan fingerprint density at radius 2 is 2.05 bits per heavy atom. The van der Waals surface area contributed by atoms with Crippen LogP contribution in [0.4, 0.5) is 5.69 Å². The summed E-state index contributed by atoms with van der Waals surface area (Å²) in [5.41, 5.74) is 5.94. The summed E-state index contributed by atoms with van der Waals surface area (Å²) in [6, 6.07) is 6.12. The quantitative estimate of drug-likeness (QED) is 0.759. The lowest BCUT2D eigenvalue weighted by Crippen LogP contribution is -2.57. The van der Waals surface area contributed by atoms with Crippen molar-refractivity contribution in [1.29, 1.82) is 0 Å². The van der Waals surface area contributed by atoms with Gasteiger partial charge in [-0.05, 0) is 12.1 Å². The molecule has 1 unspecified atom stereocenters. The minimum absolute atomic E-state index is 0.183. The molecule has 1 saturated heterocycles. The van der Waals surface area contributed by atoms with Crippen LogP contribution in [0.15, 0.2) is 29.2 Å². The van der Waals surface area contributed by atoms with Gasteiger partial charge in [0.2, 0.25) is 15.9 Å². The predicted octanol–water partition coefficient (Wildman–Crippen LogP) is -0.800. The second-order valence-electron chi connectivity index (χ2n) is 5.07. The summed E-state index contributed by atoms with van der Waals surface area (Å²) in [4.78, 5) is 13.6. The maximum atomic E-state index is 12.4. The SMILES string of the molecule is CN(C)S(=O)(=O)c1ccccc1N1CCNCC1C(N)=O. The molecule has 21 heavy (non-hydrogen) atoms. The maximum absolute atomic E-state index is 12.4. The monoisotopic (exact) mass is 312 g/mol. The molecule has 0 radical (unpaired) electrons. The van der Waals surface area contributed by atoms with Gasteiger partial charge in [0.25, 0.3) is 0 Å². The molecule has 0 saturated carbocycles. The first-order valence-electron chi connectivity index (χ1n) is 6.64. The molecule has 3 N–H and O–H groups in total. The molecule has 2 rings (SSSR count). The maximum Gasteiger partial charge on any atom is 0.244 e. The summed E-state index contributed by atoms with van der Waals surface area (Å²) in [6.07, 6.45) is 0. The molecule has 1 aromatic carbocycles. The number of primary amides is 1. The van der Waals surface area contributed by atoms with Crippen LogP contribution in [0.5, 0.6) is 0 Å². The fourth-order valence-corrected chi connectivity index (χ4v) is 3.45. The Bertz CT molecular complexity index is 630. The van der Waals surface area contributed by atoms with Gasteiger partial charge < -0.3 is 16.0 Å². The number of sulfonamides is 1. The van der Waals surface area contributed by atoms with Gasteiger partial charge in [-0.2, -0.15) is 0 Å². The third-order valence-corrected chi connectivity index (χ3v) is 5.37. The topological polar surface area (TPSA) is 95.7 Å². The Morgan fingerprint density at radius 1 is 1.38 bits per heavy atom. The lowest BCUT2D eigenvalue weighted by atomic mass is 10.1. The fraction of sp³-hybridized carbons (Fsp3) is 0.462. The fourth-order valence-electron chi connectivity index (χ4n) is 2.36. The molecule has 0 aliphatic carbocycles. The van der Waals surface area contributed by atoms with Gasteiger partial charge in [0.15, 0.2) is 0 Å². The smallest absolute Gasteiger partial charge is 0.244 e. The van der Waals surface area contributed by atoms with Gasteiger partial charge in [0, 0.05) is 33.7 Å². The van der Waals surface area contributed by atoms with E-state index in [2.05, 4.69) is 5.32 Å². The van der Waals surface area contributed by atoms with Crippen molar-refractivity contribution >= 4 is 21.6 Å². The summed E-state index contributed by atoms with van der Waals surface area (Å²) in [6.45, 7) is 1.60. The first-order chi connectivity index (χ1) is 9.85. The second kappa shape index (κ2) is 6.00. The zero-order chi connectivity index (χ0) is 15.6. The van der Waals surface area contributed by atoms with E-state index in [1.54, 1.807) is 29.2 Å². The molecule has 0 spiro atoms. The van der Waals surface area contributed by atoms with Crippen molar-refractivity contribution in [3.63, 3.8) is 0 Å². The average Bonchev–Trinajstić information content (AvgIpc) is 2.47. The first kappa shape index (κ1) is 15.7. The molecule has 1 heterocycles. The van der Waals surface area contributed by atoms with Crippen LogP contribution >= 0.6 is 0 Å². The van der Waals surface area contributed by atoms with E-state index in [1.165, 1.54) is 14.1 Å². The number of carbonyl (C=O) groups excluding carboxylic acids is 1. The molecule has 1 aliphatic heterocycles. The normalized spacial score (nSPS) is 19.8. The number of nitrogens with one attached hydrogen (secondary N) is 1. The third-order valence-electron chi connectivity index (χ3n) is 3.51. The standard InChI is InChI=1S/C13H20N4O3S/c1-16(2)21(19,20)12-6-4-3-5-10(12)17-8-7-15-9-11(17)13(14)18/h3-6,11,15H,7-9H2,1-2H3,(H2,14,18). The lowest BCUT2D eigenvalue weighted by molar-refractivity contribution is -0.119.